The highest BCUT2D eigenvalue weighted by atomic mass is 16.5. The summed E-state index contributed by atoms with van der Waals surface area (Å²) in [6.07, 6.45) is 7.77. The van der Waals surface area contributed by atoms with Crippen LogP contribution in [0.4, 0.5) is 5.82 Å². The van der Waals surface area contributed by atoms with Crippen LogP contribution in [0.25, 0.3) is 0 Å². The number of amides is 1. The number of aromatic nitrogens is 1. The summed E-state index contributed by atoms with van der Waals surface area (Å²) in [6.45, 7) is 2.80. The summed E-state index contributed by atoms with van der Waals surface area (Å²) < 4.78 is 5.92. The first kappa shape index (κ1) is 16.2. The molecule has 1 heterocycles. The molecule has 23 heavy (non-hydrogen) atoms. The Morgan fingerprint density at radius 2 is 2.17 bits per heavy atom. The fraction of sp³-hybridized carbons (Fsp3) is 0.667. The minimum absolute atomic E-state index is 0.00160. The van der Waals surface area contributed by atoms with Crippen molar-refractivity contribution >= 4 is 11.7 Å². The maximum Gasteiger partial charge on any atom is 0.251 e. The number of nitrogens with one attached hydrogen (secondary N) is 1. The molecule has 0 radical (unpaired) electrons. The molecule has 1 N–H and O–H groups in total. The lowest BCUT2D eigenvalue weighted by molar-refractivity contribution is -0.127. The van der Waals surface area contributed by atoms with Gasteiger partial charge in [0.1, 0.15) is 5.82 Å². The van der Waals surface area contributed by atoms with Gasteiger partial charge in [0, 0.05) is 43.9 Å². The first-order valence-corrected chi connectivity index (χ1v) is 8.62. The summed E-state index contributed by atoms with van der Waals surface area (Å²) in [7, 11) is 3.85. The van der Waals surface area contributed by atoms with E-state index in [1.807, 2.05) is 32.0 Å². The number of pyridine rings is 1. The molecule has 2 fully saturated rings. The molecular formula is C18H27N3O2. The van der Waals surface area contributed by atoms with Gasteiger partial charge in [-0.25, -0.2) is 4.98 Å². The molecule has 126 valence electrons. The molecule has 1 aromatic heterocycles. The van der Waals surface area contributed by atoms with Crippen molar-refractivity contribution in [3.05, 3.63) is 23.9 Å². The van der Waals surface area contributed by atoms with Crippen LogP contribution < -0.4 is 10.2 Å². The highest BCUT2D eigenvalue weighted by molar-refractivity contribution is 5.95. The van der Waals surface area contributed by atoms with E-state index >= 15 is 0 Å². The van der Waals surface area contributed by atoms with Crippen LogP contribution in [0.1, 0.15) is 49.4 Å². The third-order valence-corrected chi connectivity index (χ3v) is 5.46. The molecule has 1 amide bonds. The molecule has 3 rings (SSSR count). The Labute approximate surface area is 138 Å². The van der Waals surface area contributed by atoms with E-state index in [-0.39, 0.29) is 17.4 Å². The highest BCUT2D eigenvalue weighted by Gasteiger charge is 2.57. The molecule has 0 unspecified atom stereocenters. The topological polar surface area (TPSA) is 54.5 Å². The lowest BCUT2D eigenvalue weighted by atomic mass is 9.60. The minimum atomic E-state index is 0.00160. The Kier molecular flexibility index (Phi) is 4.57. The molecule has 0 saturated heterocycles. The van der Waals surface area contributed by atoms with Crippen LogP contribution in [0.2, 0.25) is 0 Å². The van der Waals surface area contributed by atoms with E-state index in [1.165, 1.54) is 25.7 Å². The van der Waals surface area contributed by atoms with Gasteiger partial charge in [-0.3, -0.25) is 4.79 Å². The zero-order valence-electron chi connectivity index (χ0n) is 14.3. The third-order valence-electron chi connectivity index (χ3n) is 5.46. The van der Waals surface area contributed by atoms with Crippen LogP contribution in [-0.4, -0.2) is 43.7 Å². The van der Waals surface area contributed by atoms with E-state index in [4.69, 9.17) is 4.74 Å². The monoisotopic (exact) mass is 317 g/mol. The van der Waals surface area contributed by atoms with E-state index in [0.29, 0.717) is 11.7 Å². The minimum Gasteiger partial charge on any atom is -0.378 e. The van der Waals surface area contributed by atoms with Gasteiger partial charge in [0.25, 0.3) is 5.91 Å². The maximum atomic E-state index is 12.6. The molecule has 2 aliphatic carbocycles. The summed E-state index contributed by atoms with van der Waals surface area (Å²) in [5.41, 5.74) is 0.847. The standard InChI is InChI=1S/C18H27N3O2/c1-4-23-15-12-14(18(15)8-5-6-9-18)20-17(22)13-7-10-19-16(11-13)21(2)3/h7,10-11,14-15H,4-6,8-9,12H2,1-3H3,(H,20,22)/t14-,15+/m0/s1. The number of carbonyl (C=O) groups excluding carboxylic acids is 1. The molecule has 1 spiro atoms. The second kappa shape index (κ2) is 6.48. The quantitative estimate of drug-likeness (QED) is 0.907. The maximum absolute atomic E-state index is 12.6. The van der Waals surface area contributed by atoms with E-state index in [0.717, 1.165) is 18.8 Å². The lowest BCUT2D eigenvalue weighted by Gasteiger charge is -2.54. The van der Waals surface area contributed by atoms with Crippen LogP contribution in [-0.2, 0) is 4.74 Å². The smallest absolute Gasteiger partial charge is 0.251 e. The van der Waals surface area contributed by atoms with E-state index < -0.39 is 0 Å². The number of ether oxygens (including phenoxy) is 1. The Hall–Kier alpha value is -1.62. The van der Waals surface area contributed by atoms with Gasteiger partial charge < -0.3 is 15.0 Å². The molecule has 0 aliphatic heterocycles. The Balaban J connectivity index is 1.69. The molecule has 2 atom stereocenters. The largest absolute Gasteiger partial charge is 0.378 e. The fourth-order valence-electron chi connectivity index (χ4n) is 4.13. The van der Waals surface area contributed by atoms with Gasteiger partial charge >= 0.3 is 0 Å². The van der Waals surface area contributed by atoms with Gasteiger partial charge in [-0.05, 0) is 38.3 Å². The van der Waals surface area contributed by atoms with Gasteiger partial charge in [-0.2, -0.15) is 0 Å². The van der Waals surface area contributed by atoms with Gasteiger partial charge in [-0.1, -0.05) is 12.8 Å². The molecule has 1 aromatic rings. The van der Waals surface area contributed by atoms with Crippen molar-refractivity contribution in [2.75, 3.05) is 25.6 Å². The van der Waals surface area contributed by atoms with Crippen LogP contribution >= 0.6 is 0 Å². The molecule has 5 heteroatoms. The number of rotatable bonds is 5. The van der Waals surface area contributed by atoms with Gasteiger partial charge in [0.15, 0.2) is 0 Å². The number of nitrogens with zero attached hydrogens (tertiary/aromatic N) is 2. The molecule has 0 aromatic carbocycles. The average molecular weight is 317 g/mol. The molecule has 5 nitrogen and oxygen atoms in total. The second-order valence-corrected chi connectivity index (χ2v) is 6.94. The molecule has 2 saturated carbocycles. The van der Waals surface area contributed by atoms with Gasteiger partial charge in [0.2, 0.25) is 0 Å². The van der Waals surface area contributed by atoms with Crippen molar-refractivity contribution in [2.24, 2.45) is 5.41 Å². The van der Waals surface area contributed by atoms with E-state index in [1.54, 1.807) is 12.3 Å². The highest BCUT2D eigenvalue weighted by Crippen LogP contribution is 2.54. The third kappa shape index (κ3) is 2.94. The predicted molar refractivity (Wildman–Crippen MR) is 90.8 cm³/mol. The van der Waals surface area contributed by atoms with Crippen molar-refractivity contribution in [3.8, 4) is 0 Å². The number of hydrogen-bond acceptors (Lipinski definition) is 4. The summed E-state index contributed by atoms with van der Waals surface area (Å²) >= 11 is 0. The van der Waals surface area contributed by atoms with Gasteiger partial charge in [0.05, 0.1) is 6.10 Å². The first-order valence-electron chi connectivity index (χ1n) is 8.62. The van der Waals surface area contributed by atoms with Crippen LogP contribution in [0.5, 0.6) is 0 Å². The second-order valence-electron chi connectivity index (χ2n) is 6.94. The molecule has 0 bridgehead atoms. The predicted octanol–water partition coefficient (Wildman–Crippen LogP) is 2.62. The van der Waals surface area contributed by atoms with Crippen LogP contribution in [0, 0.1) is 5.41 Å². The van der Waals surface area contributed by atoms with E-state index in [2.05, 4.69) is 10.3 Å². The zero-order chi connectivity index (χ0) is 16.4. The van der Waals surface area contributed by atoms with Crippen molar-refractivity contribution in [3.63, 3.8) is 0 Å². The molecular weight excluding hydrogens is 290 g/mol. The zero-order valence-corrected chi connectivity index (χ0v) is 14.3. The molecule has 2 aliphatic rings. The fourth-order valence-corrected chi connectivity index (χ4v) is 4.13. The van der Waals surface area contributed by atoms with Gasteiger partial charge in [-0.15, -0.1) is 0 Å². The Morgan fingerprint density at radius 1 is 1.43 bits per heavy atom. The first-order chi connectivity index (χ1) is 11.1. The number of carbonyl (C=O) groups is 1. The SMILES string of the molecule is CCO[C@@H]1C[C@H](NC(=O)c2ccnc(N(C)C)c2)C12CCCC2. The Bertz CT molecular complexity index is 567. The summed E-state index contributed by atoms with van der Waals surface area (Å²) in [5, 5.41) is 3.25. The summed E-state index contributed by atoms with van der Waals surface area (Å²) in [5.74, 6) is 0.802. The average Bonchev–Trinajstić information content (AvgIpc) is 3.06. The number of hydrogen-bond donors (Lipinski definition) is 1. The van der Waals surface area contributed by atoms with Crippen molar-refractivity contribution in [1.29, 1.82) is 0 Å². The number of anilines is 1. The summed E-state index contributed by atoms with van der Waals surface area (Å²) in [4.78, 5) is 18.8. The van der Waals surface area contributed by atoms with Crippen molar-refractivity contribution < 1.29 is 9.53 Å². The van der Waals surface area contributed by atoms with Crippen molar-refractivity contribution in [2.45, 2.75) is 51.2 Å². The van der Waals surface area contributed by atoms with Crippen LogP contribution in [0.15, 0.2) is 18.3 Å². The van der Waals surface area contributed by atoms with Crippen molar-refractivity contribution in [1.82, 2.24) is 10.3 Å². The normalized spacial score (nSPS) is 25.2. The van der Waals surface area contributed by atoms with Crippen LogP contribution in [0.3, 0.4) is 0 Å². The Morgan fingerprint density at radius 3 is 2.83 bits per heavy atom. The van der Waals surface area contributed by atoms with E-state index in [9.17, 15) is 4.79 Å². The summed E-state index contributed by atoms with van der Waals surface area (Å²) in [6, 6.07) is 3.86. The lowest BCUT2D eigenvalue weighted by Crippen LogP contribution is -2.63.